The van der Waals surface area contributed by atoms with Crippen molar-refractivity contribution in [2.45, 2.75) is 24.3 Å². The van der Waals surface area contributed by atoms with E-state index in [0.717, 1.165) is 16.6 Å². The van der Waals surface area contributed by atoms with Crippen LogP contribution in [0, 0.1) is 0 Å². The molecular formula is C10H13BrOS. The quantitative estimate of drug-likeness (QED) is 0.839. The molecule has 0 heterocycles. The van der Waals surface area contributed by atoms with Gasteiger partial charge in [-0.3, -0.25) is 0 Å². The summed E-state index contributed by atoms with van der Waals surface area (Å²) < 4.78 is 1.13. The largest absolute Gasteiger partial charge is 0.393 e. The summed E-state index contributed by atoms with van der Waals surface area (Å²) in [7, 11) is 0. The molecule has 0 radical (unpaired) electrons. The molecule has 1 N–H and O–H groups in total. The first-order valence-electron chi connectivity index (χ1n) is 4.25. The molecule has 0 aliphatic rings. The summed E-state index contributed by atoms with van der Waals surface area (Å²) in [5.41, 5.74) is 0. The number of hydrogen-bond donors (Lipinski definition) is 1. The summed E-state index contributed by atoms with van der Waals surface area (Å²) in [5.74, 6) is 0.959. The Bertz CT molecular complexity index is 263. The van der Waals surface area contributed by atoms with Gasteiger partial charge in [0.1, 0.15) is 0 Å². The Morgan fingerprint density at radius 3 is 2.77 bits per heavy atom. The van der Waals surface area contributed by atoms with Crippen LogP contribution in [0.3, 0.4) is 0 Å². The summed E-state index contributed by atoms with van der Waals surface area (Å²) in [5, 5.41) is 9.07. The molecular weight excluding hydrogens is 248 g/mol. The Balaban J connectivity index is 2.41. The van der Waals surface area contributed by atoms with E-state index in [1.807, 2.05) is 25.1 Å². The molecule has 13 heavy (non-hydrogen) atoms. The van der Waals surface area contributed by atoms with Gasteiger partial charge in [0.2, 0.25) is 0 Å². The van der Waals surface area contributed by atoms with Gasteiger partial charge in [0.15, 0.2) is 0 Å². The smallest absolute Gasteiger partial charge is 0.0520 e. The lowest BCUT2D eigenvalue weighted by atomic mass is 10.3. The maximum absolute atomic E-state index is 9.07. The Labute approximate surface area is 91.7 Å². The number of halogens is 1. The lowest BCUT2D eigenvalue weighted by Crippen LogP contribution is -2.00. The first kappa shape index (κ1) is 11.1. The molecule has 0 saturated heterocycles. The molecule has 1 aromatic carbocycles. The van der Waals surface area contributed by atoms with Gasteiger partial charge < -0.3 is 5.11 Å². The third kappa shape index (κ3) is 4.16. The average Bonchev–Trinajstić information content (AvgIpc) is 2.08. The van der Waals surface area contributed by atoms with E-state index in [9.17, 15) is 0 Å². The molecule has 1 atom stereocenters. The minimum Gasteiger partial charge on any atom is -0.393 e. The first-order chi connectivity index (χ1) is 6.20. The van der Waals surface area contributed by atoms with Crippen LogP contribution in [0.2, 0.25) is 0 Å². The number of aliphatic hydroxyl groups excluding tert-OH is 1. The topological polar surface area (TPSA) is 20.2 Å². The Hall–Kier alpha value is 0.01000. The minimum atomic E-state index is -0.199. The van der Waals surface area contributed by atoms with Crippen molar-refractivity contribution in [3.63, 3.8) is 0 Å². The van der Waals surface area contributed by atoms with Crippen molar-refractivity contribution in [1.82, 2.24) is 0 Å². The van der Waals surface area contributed by atoms with E-state index in [-0.39, 0.29) is 6.10 Å². The fraction of sp³-hybridized carbons (Fsp3) is 0.400. The van der Waals surface area contributed by atoms with Gasteiger partial charge in [0.25, 0.3) is 0 Å². The molecule has 0 aliphatic heterocycles. The van der Waals surface area contributed by atoms with Crippen LogP contribution in [0.4, 0.5) is 0 Å². The Kier molecular flexibility index (Phi) is 4.84. The van der Waals surface area contributed by atoms with Gasteiger partial charge in [-0.1, -0.05) is 12.1 Å². The zero-order valence-corrected chi connectivity index (χ0v) is 9.94. The van der Waals surface area contributed by atoms with Crippen LogP contribution < -0.4 is 0 Å². The lowest BCUT2D eigenvalue weighted by Gasteiger charge is -2.05. The Morgan fingerprint density at radius 2 is 2.15 bits per heavy atom. The van der Waals surface area contributed by atoms with Gasteiger partial charge in [-0.25, -0.2) is 0 Å². The average molecular weight is 261 g/mol. The molecule has 72 valence electrons. The monoisotopic (exact) mass is 260 g/mol. The van der Waals surface area contributed by atoms with Gasteiger partial charge >= 0.3 is 0 Å². The molecule has 0 spiro atoms. The normalized spacial score (nSPS) is 12.8. The highest BCUT2D eigenvalue weighted by molar-refractivity contribution is 9.10. The van der Waals surface area contributed by atoms with Crippen LogP contribution in [-0.4, -0.2) is 17.0 Å². The van der Waals surface area contributed by atoms with Crippen LogP contribution in [0.25, 0.3) is 0 Å². The van der Waals surface area contributed by atoms with E-state index < -0.39 is 0 Å². The first-order valence-corrected chi connectivity index (χ1v) is 6.03. The predicted octanol–water partition coefficient (Wildman–Crippen LogP) is 3.31. The van der Waals surface area contributed by atoms with E-state index in [0.29, 0.717) is 0 Å². The summed E-state index contributed by atoms with van der Waals surface area (Å²) in [4.78, 5) is 1.24. The van der Waals surface area contributed by atoms with E-state index in [1.54, 1.807) is 11.8 Å². The number of rotatable bonds is 4. The van der Waals surface area contributed by atoms with Gasteiger partial charge in [0, 0.05) is 15.1 Å². The predicted molar refractivity (Wildman–Crippen MR) is 61.2 cm³/mol. The summed E-state index contributed by atoms with van der Waals surface area (Å²) >= 11 is 5.25. The van der Waals surface area contributed by atoms with Crippen molar-refractivity contribution in [2.24, 2.45) is 0 Å². The van der Waals surface area contributed by atoms with E-state index >= 15 is 0 Å². The minimum absolute atomic E-state index is 0.199. The molecule has 1 nitrogen and oxygen atoms in total. The second-order valence-electron chi connectivity index (χ2n) is 2.92. The van der Waals surface area contributed by atoms with Crippen molar-refractivity contribution in [1.29, 1.82) is 0 Å². The Morgan fingerprint density at radius 1 is 1.46 bits per heavy atom. The molecule has 0 aromatic heterocycles. The molecule has 0 aliphatic carbocycles. The third-order valence-electron chi connectivity index (χ3n) is 1.63. The number of benzene rings is 1. The maximum Gasteiger partial charge on any atom is 0.0520 e. The second-order valence-corrected chi connectivity index (χ2v) is 4.91. The zero-order chi connectivity index (χ0) is 9.68. The SMILES string of the molecule is CC(O)CCSc1ccccc1Br. The van der Waals surface area contributed by atoms with Crippen LogP contribution in [0.15, 0.2) is 33.6 Å². The maximum atomic E-state index is 9.07. The van der Waals surface area contributed by atoms with Crippen molar-refractivity contribution >= 4 is 27.7 Å². The third-order valence-corrected chi connectivity index (χ3v) is 3.69. The van der Waals surface area contributed by atoms with Gasteiger partial charge in [0.05, 0.1) is 6.10 Å². The van der Waals surface area contributed by atoms with Gasteiger partial charge in [-0.2, -0.15) is 0 Å². The van der Waals surface area contributed by atoms with Gasteiger partial charge in [-0.05, 0) is 41.4 Å². The van der Waals surface area contributed by atoms with E-state index in [1.165, 1.54) is 4.90 Å². The standard InChI is InChI=1S/C10H13BrOS/c1-8(12)6-7-13-10-5-3-2-4-9(10)11/h2-5,8,12H,6-7H2,1H3. The van der Waals surface area contributed by atoms with Crippen LogP contribution in [-0.2, 0) is 0 Å². The highest BCUT2D eigenvalue weighted by Gasteiger charge is 2.00. The van der Waals surface area contributed by atoms with Crippen LogP contribution >= 0.6 is 27.7 Å². The van der Waals surface area contributed by atoms with Crippen molar-refractivity contribution < 1.29 is 5.11 Å². The number of hydrogen-bond acceptors (Lipinski definition) is 2. The molecule has 1 aromatic rings. The van der Waals surface area contributed by atoms with Crippen LogP contribution in [0.5, 0.6) is 0 Å². The zero-order valence-electron chi connectivity index (χ0n) is 7.53. The molecule has 0 saturated carbocycles. The molecule has 1 rings (SSSR count). The van der Waals surface area contributed by atoms with Crippen molar-refractivity contribution in [3.05, 3.63) is 28.7 Å². The molecule has 0 fully saturated rings. The summed E-state index contributed by atoms with van der Waals surface area (Å²) in [6.07, 6.45) is 0.640. The van der Waals surface area contributed by atoms with Gasteiger partial charge in [-0.15, -0.1) is 11.8 Å². The molecule has 0 bridgehead atoms. The second kappa shape index (κ2) is 5.68. The number of aliphatic hydroxyl groups is 1. The summed E-state index contributed by atoms with van der Waals surface area (Å²) in [6.45, 7) is 1.82. The van der Waals surface area contributed by atoms with Crippen molar-refractivity contribution in [3.8, 4) is 0 Å². The summed E-state index contributed by atoms with van der Waals surface area (Å²) in [6, 6.07) is 8.14. The molecule has 0 amide bonds. The molecule has 1 unspecified atom stereocenters. The lowest BCUT2D eigenvalue weighted by molar-refractivity contribution is 0.192. The highest BCUT2D eigenvalue weighted by atomic mass is 79.9. The van der Waals surface area contributed by atoms with E-state index in [2.05, 4.69) is 22.0 Å². The van der Waals surface area contributed by atoms with Crippen molar-refractivity contribution in [2.75, 3.05) is 5.75 Å². The van der Waals surface area contributed by atoms with E-state index in [4.69, 9.17) is 5.11 Å². The highest BCUT2D eigenvalue weighted by Crippen LogP contribution is 2.27. The fourth-order valence-electron chi connectivity index (χ4n) is 0.901. The number of thioether (sulfide) groups is 1. The fourth-order valence-corrected chi connectivity index (χ4v) is 2.59. The molecule has 3 heteroatoms. The van der Waals surface area contributed by atoms with Crippen LogP contribution in [0.1, 0.15) is 13.3 Å².